The van der Waals surface area contributed by atoms with Crippen LogP contribution in [0.15, 0.2) is 48.8 Å². The van der Waals surface area contributed by atoms with E-state index in [0.29, 0.717) is 6.54 Å². The Morgan fingerprint density at radius 2 is 1.95 bits per heavy atom. The SMILES string of the molecule is NCCc1ccc(NCc2ccnc3[nH]ccc23)cc1. The number of hydrogen-bond donors (Lipinski definition) is 3. The number of aromatic nitrogens is 2. The Kier molecular flexibility index (Phi) is 3.65. The molecule has 1 aromatic carbocycles. The summed E-state index contributed by atoms with van der Waals surface area (Å²) in [5, 5.41) is 4.61. The Balaban J connectivity index is 1.71. The fourth-order valence-corrected chi connectivity index (χ4v) is 2.33. The first-order valence-electron chi connectivity index (χ1n) is 6.80. The number of nitrogens with zero attached hydrogens (tertiary/aromatic N) is 1. The summed E-state index contributed by atoms with van der Waals surface area (Å²) in [5.74, 6) is 0. The van der Waals surface area contributed by atoms with Crippen LogP contribution >= 0.6 is 0 Å². The highest BCUT2D eigenvalue weighted by atomic mass is 14.9. The van der Waals surface area contributed by atoms with Crippen molar-refractivity contribution in [3.63, 3.8) is 0 Å². The van der Waals surface area contributed by atoms with Crippen molar-refractivity contribution in [1.82, 2.24) is 9.97 Å². The zero-order valence-electron chi connectivity index (χ0n) is 11.3. The van der Waals surface area contributed by atoms with Crippen LogP contribution in [0, 0.1) is 0 Å². The van der Waals surface area contributed by atoms with Crippen molar-refractivity contribution >= 4 is 16.7 Å². The maximum atomic E-state index is 5.55. The number of aromatic amines is 1. The summed E-state index contributed by atoms with van der Waals surface area (Å²) in [6.07, 6.45) is 4.68. The molecule has 4 heteroatoms. The van der Waals surface area contributed by atoms with E-state index in [0.717, 1.165) is 24.3 Å². The first-order valence-corrected chi connectivity index (χ1v) is 6.80. The zero-order valence-corrected chi connectivity index (χ0v) is 11.3. The minimum atomic E-state index is 0.690. The molecule has 0 saturated heterocycles. The first kappa shape index (κ1) is 12.7. The molecule has 0 amide bonds. The lowest BCUT2D eigenvalue weighted by atomic mass is 10.1. The molecule has 3 rings (SSSR count). The van der Waals surface area contributed by atoms with E-state index in [4.69, 9.17) is 5.73 Å². The van der Waals surface area contributed by atoms with Gasteiger partial charge in [-0.25, -0.2) is 4.98 Å². The summed E-state index contributed by atoms with van der Waals surface area (Å²) in [6.45, 7) is 1.47. The molecule has 0 unspecified atom stereocenters. The lowest BCUT2D eigenvalue weighted by Crippen LogP contribution is -2.03. The predicted octanol–water partition coefficient (Wildman–Crippen LogP) is 2.68. The molecule has 102 valence electrons. The monoisotopic (exact) mass is 266 g/mol. The van der Waals surface area contributed by atoms with Gasteiger partial charge in [0.1, 0.15) is 5.65 Å². The average Bonchev–Trinajstić information content (AvgIpc) is 2.96. The number of pyridine rings is 1. The number of nitrogens with one attached hydrogen (secondary N) is 2. The summed E-state index contributed by atoms with van der Waals surface area (Å²) >= 11 is 0. The van der Waals surface area contributed by atoms with E-state index < -0.39 is 0 Å². The molecule has 3 aromatic rings. The maximum Gasteiger partial charge on any atom is 0.137 e. The van der Waals surface area contributed by atoms with E-state index in [2.05, 4.69) is 45.6 Å². The van der Waals surface area contributed by atoms with Gasteiger partial charge in [0.25, 0.3) is 0 Å². The summed E-state index contributed by atoms with van der Waals surface area (Å²) in [6, 6.07) is 12.5. The third-order valence-corrected chi connectivity index (χ3v) is 3.42. The van der Waals surface area contributed by atoms with E-state index in [9.17, 15) is 0 Å². The van der Waals surface area contributed by atoms with Gasteiger partial charge in [-0.15, -0.1) is 0 Å². The van der Waals surface area contributed by atoms with Crippen LogP contribution in [0.5, 0.6) is 0 Å². The standard InChI is InChI=1S/C16H18N4/c17-8-5-12-1-3-14(4-2-12)20-11-13-6-9-18-16-15(13)7-10-19-16/h1-4,6-7,9-10,20H,5,8,11,17H2,(H,18,19). The number of benzene rings is 1. The van der Waals surface area contributed by atoms with Crippen LogP contribution in [0.2, 0.25) is 0 Å². The smallest absolute Gasteiger partial charge is 0.137 e. The van der Waals surface area contributed by atoms with Crippen LogP contribution in [-0.4, -0.2) is 16.5 Å². The molecule has 0 saturated carbocycles. The van der Waals surface area contributed by atoms with Crippen molar-refractivity contribution < 1.29 is 0 Å². The molecule has 2 aromatic heterocycles. The van der Waals surface area contributed by atoms with Crippen molar-refractivity contribution in [3.05, 3.63) is 59.9 Å². The zero-order chi connectivity index (χ0) is 13.8. The normalized spacial score (nSPS) is 10.8. The van der Waals surface area contributed by atoms with Crippen LogP contribution in [0.3, 0.4) is 0 Å². The van der Waals surface area contributed by atoms with Crippen molar-refractivity contribution in [1.29, 1.82) is 0 Å². The van der Waals surface area contributed by atoms with E-state index in [1.807, 2.05) is 18.5 Å². The molecular formula is C16H18N4. The predicted molar refractivity (Wildman–Crippen MR) is 82.6 cm³/mol. The van der Waals surface area contributed by atoms with Crippen molar-refractivity contribution in [2.24, 2.45) is 5.73 Å². The second kappa shape index (κ2) is 5.75. The van der Waals surface area contributed by atoms with Gasteiger partial charge in [0.05, 0.1) is 0 Å². The van der Waals surface area contributed by atoms with Crippen molar-refractivity contribution in [2.45, 2.75) is 13.0 Å². The van der Waals surface area contributed by atoms with Gasteiger partial charge in [-0.3, -0.25) is 0 Å². The highest BCUT2D eigenvalue weighted by Gasteiger charge is 2.02. The van der Waals surface area contributed by atoms with Gasteiger partial charge in [-0.05, 0) is 48.4 Å². The second-order valence-corrected chi connectivity index (χ2v) is 4.80. The summed E-state index contributed by atoms with van der Waals surface area (Å²) in [5.41, 5.74) is 10.1. The number of anilines is 1. The van der Waals surface area contributed by atoms with E-state index >= 15 is 0 Å². The van der Waals surface area contributed by atoms with Gasteiger partial charge in [-0.2, -0.15) is 0 Å². The Morgan fingerprint density at radius 1 is 1.10 bits per heavy atom. The Morgan fingerprint density at radius 3 is 2.75 bits per heavy atom. The van der Waals surface area contributed by atoms with Gasteiger partial charge in [-0.1, -0.05) is 12.1 Å². The minimum Gasteiger partial charge on any atom is -0.381 e. The van der Waals surface area contributed by atoms with E-state index in [1.165, 1.54) is 16.5 Å². The van der Waals surface area contributed by atoms with Gasteiger partial charge >= 0.3 is 0 Å². The highest BCUT2D eigenvalue weighted by Crippen LogP contribution is 2.17. The van der Waals surface area contributed by atoms with Gasteiger partial charge in [0.2, 0.25) is 0 Å². The van der Waals surface area contributed by atoms with Crippen LogP contribution in [0.25, 0.3) is 11.0 Å². The summed E-state index contributed by atoms with van der Waals surface area (Å²) in [4.78, 5) is 7.42. The number of hydrogen-bond acceptors (Lipinski definition) is 3. The Bertz CT molecular complexity index is 685. The number of nitrogens with two attached hydrogens (primary N) is 1. The molecule has 0 aliphatic heterocycles. The molecule has 4 nitrogen and oxygen atoms in total. The molecule has 0 radical (unpaired) electrons. The molecular weight excluding hydrogens is 248 g/mol. The molecule has 0 fully saturated rings. The number of fused-ring (bicyclic) bond motifs is 1. The lowest BCUT2D eigenvalue weighted by Gasteiger charge is -2.08. The van der Waals surface area contributed by atoms with E-state index in [1.54, 1.807) is 0 Å². The average molecular weight is 266 g/mol. The highest BCUT2D eigenvalue weighted by molar-refractivity contribution is 5.79. The molecule has 0 spiro atoms. The molecule has 0 bridgehead atoms. The van der Waals surface area contributed by atoms with E-state index in [-0.39, 0.29) is 0 Å². The maximum absolute atomic E-state index is 5.55. The third kappa shape index (κ3) is 2.65. The lowest BCUT2D eigenvalue weighted by molar-refractivity contribution is 0.968. The van der Waals surface area contributed by atoms with Gasteiger partial charge in [0, 0.05) is 30.0 Å². The Hall–Kier alpha value is -2.33. The number of rotatable bonds is 5. The van der Waals surface area contributed by atoms with Crippen LogP contribution in [0.1, 0.15) is 11.1 Å². The Labute approximate surface area is 118 Å². The second-order valence-electron chi connectivity index (χ2n) is 4.80. The van der Waals surface area contributed by atoms with Crippen molar-refractivity contribution in [3.8, 4) is 0 Å². The van der Waals surface area contributed by atoms with Gasteiger partial charge in [0.15, 0.2) is 0 Å². The summed E-state index contributed by atoms with van der Waals surface area (Å²) in [7, 11) is 0. The topological polar surface area (TPSA) is 66.7 Å². The quantitative estimate of drug-likeness (QED) is 0.665. The van der Waals surface area contributed by atoms with Gasteiger partial charge < -0.3 is 16.0 Å². The van der Waals surface area contributed by atoms with Crippen LogP contribution in [0.4, 0.5) is 5.69 Å². The third-order valence-electron chi connectivity index (χ3n) is 3.42. The number of H-pyrrole nitrogens is 1. The molecule has 2 heterocycles. The molecule has 0 aliphatic rings. The van der Waals surface area contributed by atoms with Crippen LogP contribution in [-0.2, 0) is 13.0 Å². The first-order chi connectivity index (χ1) is 9.86. The molecule has 20 heavy (non-hydrogen) atoms. The largest absolute Gasteiger partial charge is 0.381 e. The summed E-state index contributed by atoms with van der Waals surface area (Å²) < 4.78 is 0. The minimum absolute atomic E-state index is 0.690. The molecule has 4 N–H and O–H groups in total. The molecule has 0 aliphatic carbocycles. The van der Waals surface area contributed by atoms with Crippen LogP contribution < -0.4 is 11.1 Å². The fourth-order valence-electron chi connectivity index (χ4n) is 2.33. The van der Waals surface area contributed by atoms with Crippen molar-refractivity contribution in [2.75, 3.05) is 11.9 Å². The fraction of sp³-hybridized carbons (Fsp3) is 0.188. The molecule has 0 atom stereocenters.